The second-order valence-corrected chi connectivity index (χ2v) is 6.30. The maximum absolute atomic E-state index is 12.1. The van der Waals surface area contributed by atoms with Crippen LogP contribution in [0.2, 0.25) is 0 Å². The van der Waals surface area contributed by atoms with Crippen molar-refractivity contribution in [2.45, 2.75) is 32.7 Å². The molecule has 8 heteroatoms. The minimum Gasteiger partial charge on any atom is -0.451 e. The number of carbonyl (C=O) groups excluding carboxylic acids is 2. The van der Waals surface area contributed by atoms with Gasteiger partial charge in [-0.1, -0.05) is 0 Å². The van der Waals surface area contributed by atoms with Crippen molar-refractivity contribution in [3.05, 3.63) is 26.6 Å². The Morgan fingerprint density at radius 1 is 1.41 bits per heavy atom. The number of carbonyl (C=O) groups is 2. The van der Waals surface area contributed by atoms with Gasteiger partial charge in [0.15, 0.2) is 6.61 Å². The molecule has 0 saturated heterocycles. The number of fused-ring (bicyclic) bond motifs is 1. The van der Waals surface area contributed by atoms with Crippen molar-refractivity contribution in [3.8, 4) is 0 Å². The number of hydrogen-bond acceptors (Lipinski definition) is 6. The molecule has 1 aliphatic rings. The highest BCUT2D eigenvalue weighted by Crippen LogP contribution is 2.27. The average Bonchev–Trinajstić information content (AvgIpc) is 3.18. The van der Waals surface area contributed by atoms with Gasteiger partial charge in [0.1, 0.15) is 15.5 Å². The number of amides is 1. The zero-order chi connectivity index (χ0) is 15.9. The van der Waals surface area contributed by atoms with E-state index in [0.717, 1.165) is 24.2 Å². The molecule has 2 aromatic heterocycles. The number of thiophene rings is 1. The Kier molecular flexibility index (Phi) is 3.69. The van der Waals surface area contributed by atoms with E-state index in [1.807, 2.05) is 0 Å². The Labute approximate surface area is 129 Å². The van der Waals surface area contributed by atoms with Crippen LogP contribution in [0.4, 0.5) is 0 Å². The third-order valence-electron chi connectivity index (χ3n) is 3.38. The maximum Gasteiger partial charge on any atom is 0.349 e. The molecule has 22 heavy (non-hydrogen) atoms. The normalized spacial score (nSPS) is 14.1. The summed E-state index contributed by atoms with van der Waals surface area (Å²) < 4.78 is 5.02. The summed E-state index contributed by atoms with van der Waals surface area (Å²) in [4.78, 5) is 43.2. The van der Waals surface area contributed by atoms with Crippen LogP contribution in [-0.2, 0) is 9.53 Å². The number of ether oxygens (including phenoxy) is 1. The summed E-state index contributed by atoms with van der Waals surface area (Å²) in [6, 6.07) is 0.225. The molecule has 0 aliphatic heterocycles. The third kappa shape index (κ3) is 2.87. The van der Waals surface area contributed by atoms with E-state index in [1.54, 1.807) is 13.8 Å². The minimum atomic E-state index is -0.608. The van der Waals surface area contributed by atoms with Crippen LogP contribution in [-0.4, -0.2) is 34.5 Å². The molecular formula is C14H15N3O4S. The molecule has 1 amide bonds. The number of aryl methyl sites for hydroxylation is 2. The van der Waals surface area contributed by atoms with Gasteiger partial charge in [0, 0.05) is 6.04 Å². The summed E-state index contributed by atoms with van der Waals surface area (Å²) >= 11 is 1.10. The molecule has 2 N–H and O–H groups in total. The zero-order valence-corrected chi connectivity index (χ0v) is 13.0. The van der Waals surface area contributed by atoms with Crippen LogP contribution in [0.25, 0.3) is 10.2 Å². The zero-order valence-electron chi connectivity index (χ0n) is 12.2. The quantitative estimate of drug-likeness (QED) is 0.819. The van der Waals surface area contributed by atoms with Crippen molar-refractivity contribution in [2.24, 2.45) is 0 Å². The first kappa shape index (κ1) is 14.7. The Morgan fingerprint density at radius 3 is 2.82 bits per heavy atom. The summed E-state index contributed by atoms with van der Waals surface area (Å²) in [6.07, 6.45) is 1.95. The number of hydrogen-bond donors (Lipinski definition) is 2. The van der Waals surface area contributed by atoms with Crippen LogP contribution in [0.15, 0.2) is 4.79 Å². The number of nitrogens with one attached hydrogen (secondary N) is 2. The molecule has 2 aromatic rings. The van der Waals surface area contributed by atoms with Crippen LogP contribution in [0.3, 0.4) is 0 Å². The Hall–Kier alpha value is -2.22. The van der Waals surface area contributed by atoms with Crippen molar-refractivity contribution >= 4 is 33.4 Å². The molecule has 0 bridgehead atoms. The second-order valence-electron chi connectivity index (χ2n) is 5.31. The number of rotatable bonds is 4. The lowest BCUT2D eigenvalue weighted by molar-refractivity contribution is -0.124. The van der Waals surface area contributed by atoms with E-state index < -0.39 is 5.97 Å². The van der Waals surface area contributed by atoms with Crippen LogP contribution in [0.1, 0.15) is 33.9 Å². The SMILES string of the molecule is Cc1nc2sc(C(=O)OCC(=O)NC3CC3)c(C)c2c(=O)[nH]1. The van der Waals surface area contributed by atoms with Crippen molar-refractivity contribution in [3.63, 3.8) is 0 Å². The van der Waals surface area contributed by atoms with E-state index in [4.69, 9.17) is 4.74 Å². The first-order valence-electron chi connectivity index (χ1n) is 6.92. The Morgan fingerprint density at radius 2 is 2.14 bits per heavy atom. The standard InChI is InChI=1S/C14H15N3O4S/c1-6-10-12(19)15-7(2)16-13(10)22-11(6)14(20)21-5-9(18)17-8-3-4-8/h8H,3-5H2,1-2H3,(H,17,18)(H,15,16,19). The molecule has 0 aromatic carbocycles. The summed E-state index contributed by atoms with van der Waals surface area (Å²) in [5.74, 6) is -0.424. The first-order valence-corrected chi connectivity index (χ1v) is 7.74. The molecule has 0 atom stereocenters. The van der Waals surface area contributed by atoms with Crippen molar-refractivity contribution in [2.75, 3.05) is 6.61 Å². The van der Waals surface area contributed by atoms with E-state index in [9.17, 15) is 14.4 Å². The van der Waals surface area contributed by atoms with Crippen LogP contribution >= 0.6 is 11.3 Å². The van der Waals surface area contributed by atoms with E-state index >= 15 is 0 Å². The van der Waals surface area contributed by atoms with Gasteiger partial charge in [-0.2, -0.15) is 0 Å². The molecule has 1 saturated carbocycles. The van der Waals surface area contributed by atoms with Crippen LogP contribution in [0.5, 0.6) is 0 Å². The molecule has 3 rings (SSSR count). The fourth-order valence-electron chi connectivity index (χ4n) is 2.14. The summed E-state index contributed by atoms with van der Waals surface area (Å²) in [6.45, 7) is 3.04. The lowest BCUT2D eigenvalue weighted by Gasteiger charge is -2.04. The Bertz CT molecular complexity index is 819. The second kappa shape index (κ2) is 5.53. The maximum atomic E-state index is 12.1. The monoisotopic (exact) mass is 321 g/mol. The van der Waals surface area contributed by atoms with Crippen molar-refractivity contribution < 1.29 is 14.3 Å². The van der Waals surface area contributed by atoms with Crippen molar-refractivity contribution in [1.29, 1.82) is 0 Å². The summed E-state index contributed by atoms with van der Waals surface area (Å²) in [7, 11) is 0. The molecule has 0 unspecified atom stereocenters. The van der Waals surface area contributed by atoms with Gasteiger partial charge >= 0.3 is 5.97 Å². The number of H-pyrrole nitrogens is 1. The first-order chi connectivity index (χ1) is 10.5. The number of aromatic amines is 1. The fourth-order valence-corrected chi connectivity index (χ4v) is 3.26. The van der Waals surface area contributed by atoms with Gasteiger partial charge < -0.3 is 15.0 Å². The van der Waals surface area contributed by atoms with Crippen LogP contribution in [0, 0.1) is 13.8 Å². The smallest absolute Gasteiger partial charge is 0.349 e. The lowest BCUT2D eigenvalue weighted by atomic mass is 10.2. The highest BCUT2D eigenvalue weighted by atomic mass is 32.1. The van der Waals surface area contributed by atoms with E-state index in [2.05, 4.69) is 15.3 Å². The van der Waals surface area contributed by atoms with E-state index in [1.165, 1.54) is 0 Å². The molecule has 0 radical (unpaired) electrons. The molecule has 116 valence electrons. The Balaban J connectivity index is 1.78. The van der Waals surface area contributed by atoms with Gasteiger partial charge in [-0.3, -0.25) is 9.59 Å². The molecule has 7 nitrogen and oxygen atoms in total. The summed E-state index contributed by atoms with van der Waals surface area (Å²) in [5.41, 5.74) is 0.253. The molecule has 1 aliphatic carbocycles. The number of nitrogens with zero attached hydrogens (tertiary/aromatic N) is 1. The summed E-state index contributed by atoms with van der Waals surface area (Å²) in [5, 5.41) is 3.13. The number of aromatic nitrogens is 2. The largest absolute Gasteiger partial charge is 0.451 e. The molecule has 1 fully saturated rings. The lowest BCUT2D eigenvalue weighted by Crippen LogP contribution is -2.30. The van der Waals surface area contributed by atoms with Crippen LogP contribution < -0.4 is 10.9 Å². The van der Waals surface area contributed by atoms with E-state index in [0.29, 0.717) is 26.5 Å². The highest BCUT2D eigenvalue weighted by molar-refractivity contribution is 7.20. The van der Waals surface area contributed by atoms with Gasteiger partial charge in [-0.25, -0.2) is 9.78 Å². The van der Waals surface area contributed by atoms with Crippen molar-refractivity contribution in [1.82, 2.24) is 15.3 Å². The minimum absolute atomic E-state index is 0.225. The van der Waals surface area contributed by atoms with Gasteiger partial charge in [0.2, 0.25) is 0 Å². The molecule has 0 spiro atoms. The predicted molar refractivity (Wildman–Crippen MR) is 81.2 cm³/mol. The van der Waals surface area contributed by atoms with Gasteiger partial charge in [0.25, 0.3) is 11.5 Å². The average molecular weight is 321 g/mol. The fraction of sp³-hybridized carbons (Fsp3) is 0.429. The third-order valence-corrected chi connectivity index (χ3v) is 4.55. The number of esters is 1. The molecule has 2 heterocycles. The molecular weight excluding hydrogens is 306 g/mol. The predicted octanol–water partition coefficient (Wildman–Crippen LogP) is 1.04. The van der Waals surface area contributed by atoms with Gasteiger partial charge in [0.05, 0.1) is 5.39 Å². The van der Waals surface area contributed by atoms with E-state index in [-0.39, 0.29) is 24.1 Å². The van der Waals surface area contributed by atoms with Gasteiger partial charge in [-0.15, -0.1) is 11.3 Å². The topological polar surface area (TPSA) is 101 Å². The van der Waals surface area contributed by atoms with Gasteiger partial charge in [-0.05, 0) is 32.3 Å². The highest BCUT2D eigenvalue weighted by Gasteiger charge is 2.25.